The van der Waals surface area contributed by atoms with Crippen LogP contribution in [-0.2, 0) is 4.74 Å². The van der Waals surface area contributed by atoms with Crippen molar-refractivity contribution in [1.82, 2.24) is 0 Å². The predicted octanol–water partition coefficient (Wildman–Crippen LogP) is 4.93. The number of benzene rings is 1. The third-order valence-corrected chi connectivity index (χ3v) is 4.81. The number of hydrogen-bond donors (Lipinski definition) is 1. The Labute approximate surface area is 129 Å². The molecule has 0 spiro atoms. The molecular formula is C18H28OS. The van der Waals surface area contributed by atoms with E-state index in [1.807, 2.05) is 0 Å². The average Bonchev–Trinajstić information content (AvgIpc) is 2.38. The Kier molecular flexibility index (Phi) is 5.57. The van der Waals surface area contributed by atoms with Gasteiger partial charge in [-0.2, -0.15) is 12.6 Å². The van der Waals surface area contributed by atoms with Crippen LogP contribution in [0, 0.1) is 11.3 Å². The van der Waals surface area contributed by atoms with Crippen LogP contribution >= 0.6 is 12.6 Å². The van der Waals surface area contributed by atoms with E-state index >= 15 is 0 Å². The molecule has 1 fully saturated rings. The zero-order chi connectivity index (χ0) is 14.6. The maximum atomic E-state index is 6.25. The molecule has 0 aliphatic heterocycles. The molecule has 3 atom stereocenters. The van der Waals surface area contributed by atoms with Gasteiger partial charge in [0.15, 0.2) is 0 Å². The van der Waals surface area contributed by atoms with Gasteiger partial charge in [0.25, 0.3) is 0 Å². The van der Waals surface area contributed by atoms with Gasteiger partial charge in [0.05, 0.1) is 12.7 Å². The molecule has 1 nitrogen and oxygen atoms in total. The maximum Gasteiger partial charge on any atom is 0.0583 e. The molecule has 3 unspecified atom stereocenters. The van der Waals surface area contributed by atoms with E-state index in [4.69, 9.17) is 4.74 Å². The van der Waals surface area contributed by atoms with Crippen molar-refractivity contribution >= 4 is 12.6 Å². The number of ether oxygens (including phenoxy) is 1. The summed E-state index contributed by atoms with van der Waals surface area (Å²) in [5.41, 5.74) is 1.76. The minimum Gasteiger partial charge on any atom is -0.378 e. The normalized spacial score (nSPS) is 27.2. The van der Waals surface area contributed by atoms with Gasteiger partial charge in [-0.05, 0) is 41.9 Å². The van der Waals surface area contributed by atoms with Gasteiger partial charge in [0.2, 0.25) is 0 Å². The van der Waals surface area contributed by atoms with Gasteiger partial charge >= 0.3 is 0 Å². The molecule has 1 aliphatic carbocycles. The highest BCUT2D eigenvalue weighted by Gasteiger charge is 2.32. The molecule has 0 aromatic heterocycles. The second-order valence-corrected chi connectivity index (χ2v) is 7.52. The Balaban J connectivity index is 1.90. The van der Waals surface area contributed by atoms with Crippen LogP contribution in [0.2, 0.25) is 0 Å². The third kappa shape index (κ3) is 4.53. The highest BCUT2D eigenvalue weighted by Crippen LogP contribution is 2.40. The highest BCUT2D eigenvalue weighted by molar-refractivity contribution is 7.80. The SMILES string of the molecule is CC1CC(OCC(CS)c2ccccc2)CC(C)(C)C1. The van der Waals surface area contributed by atoms with Crippen LogP contribution in [0.5, 0.6) is 0 Å². The first kappa shape index (κ1) is 15.9. The zero-order valence-electron chi connectivity index (χ0n) is 13.0. The van der Waals surface area contributed by atoms with Crippen LogP contribution < -0.4 is 0 Å². The molecule has 0 heterocycles. The molecule has 0 bridgehead atoms. The predicted molar refractivity (Wildman–Crippen MR) is 89.6 cm³/mol. The monoisotopic (exact) mass is 292 g/mol. The van der Waals surface area contributed by atoms with Crippen molar-refractivity contribution in [3.8, 4) is 0 Å². The van der Waals surface area contributed by atoms with Crippen molar-refractivity contribution in [3.63, 3.8) is 0 Å². The summed E-state index contributed by atoms with van der Waals surface area (Å²) < 4.78 is 6.25. The molecule has 1 saturated carbocycles. The Bertz CT molecular complexity index is 401. The standard InChI is InChI=1S/C18H28OS/c1-14-9-17(11-18(2,3)10-14)19-12-16(13-20)15-7-5-4-6-8-15/h4-8,14,16-17,20H,9-13H2,1-3H3. The van der Waals surface area contributed by atoms with Crippen molar-refractivity contribution < 1.29 is 4.74 Å². The molecule has 1 aliphatic rings. The Hall–Kier alpha value is -0.470. The molecule has 1 aromatic carbocycles. The van der Waals surface area contributed by atoms with Crippen molar-refractivity contribution in [2.24, 2.45) is 11.3 Å². The maximum absolute atomic E-state index is 6.25. The van der Waals surface area contributed by atoms with Gasteiger partial charge < -0.3 is 4.74 Å². The third-order valence-electron chi connectivity index (χ3n) is 4.37. The van der Waals surface area contributed by atoms with Crippen LogP contribution in [0.15, 0.2) is 30.3 Å². The van der Waals surface area contributed by atoms with Gasteiger partial charge in [0.1, 0.15) is 0 Å². The summed E-state index contributed by atoms with van der Waals surface area (Å²) in [6.07, 6.45) is 4.13. The summed E-state index contributed by atoms with van der Waals surface area (Å²) in [4.78, 5) is 0. The summed E-state index contributed by atoms with van der Waals surface area (Å²) in [5.74, 6) is 2.02. The molecule has 0 N–H and O–H groups in total. The fraction of sp³-hybridized carbons (Fsp3) is 0.667. The van der Waals surface area contributed by atoms with Crippen molar-refractivity contribution in [3.05, 3.63) is 35.9 Å². The van der Waals surface area contributed by atoms with Gasteiger partial charge in [0, 0.05) is 5.92 Å². The second-order valence-electron chi connectivity index (χ2n) is 7.16. The lowest BCUT2D eigenvalue weighted by Crippen LogP contribution is -2.33. The quantitative estimate of drug-likeness (QED) is 0.757. The molecule has 1 aromatic rings. The second kappa shape index (κ2) is 7.00. The van der Waals surface area contributed by atoms with Crippen LogP contribution in [0.25, 0.3) is 0 Å². The van der Waals surface area contributed by atoms with Gasteiger partial charge in [-0.3, -0.25) is 0 Å². The number of rotatable bonds is 5. The summed E-state index contributed by atoms with van der Waals surface area (Å²) in [7, 11) is 0. The first-order valence-corrected chi connectivity index (χ1v) is 8.41. The van der Waals surface area contributed by atoms with Crippen LogP contribution in [0.3, 0.4) is 0 Å². The highest BCUT2D eigenvalue weighted by atomic mass is 32.1. The molecule has 0 amide bonds. The van der Waals surface area contributed by atoms with E-state index in [2.05, 4.69) is 63.7 Å². The van der Waals surface area contributed by atoms with E-state index in [0.29, 0.717) is 17.4 Å². The Morgan fingerprint density at radius 1 is 1.25 bits per heavy atom. The summed E-state index contributed by atoms with van der Waals surface area (Å²) in [5, 5.41) is 0. The largest absolute Gasteiger partial charge is 0.378 e. The fourth-order valence-electron chi connectivity index (χ4n) is 3.62. The smallest absolute Gasteiger partial charge is 0.0583 e. The zero-order valence-corrected chi connectivity index (χ0v) is 13.9. The molecule has 2 rings (SSSR count). The summed E-state index contributed by atoms with van der Waals surface area (Å²) in [6, 6.07) is 10.6. The van der Waals surface area contributed by atoms with Crippen molar-refractivity contribution in [1.29, 1.82) is 0 Å². The van der Waals surface area contributed by atoms with Crippen molar-refractivity contribution in [2.75, 3.05) is 12.4 Å². The van der Waals surface area contributed by atoms with Crippen LogP contribution in [-0.4, -0.2) is 18.5 Å². The van der Waals surface area contributed by atoms with Crippen LogP contribution in [0.1, 0.15) is 51.5 Å². The number of hydrogen-bond acceptors (Lipinski definition) is 2. The molecule has 2 heteroatoms. The molecule has 0 saturated heterocycles. The minimum atomic E-state index is 0.403. The number of thiol groups is 1. The lowest BCUT2D eigenvalue weighted by atomic mass is 9.71. The van der Waals surface area contributed by atoms with E-state index in [1.165, 1.54) is 24.8 Å². The fourth-order valence-corrected chi connectivity index (χ4v) is 3.93. The lowest BCUT2D eigenvalue weighted by molar-refractivity contribution is -0.0265. The molecular weight excluding hydrogens is 264 g/mol. The summed E-state index contributed by atoms with van der Waals surface area (Å²) >= 11 is 4.50. The van der Waals surface area contributed by atoms with Crippen molar-refractivity contribution in [2.45, 2.75) is 52.1 Å². The van der Waals surface area contributed by atoms with E-state index in [9.17, 15) is 0 Å². The van der Waals surface area contributed by atoms with E-state index in [1.54, 1.807) is 0 Å². The van der Waals surface area contributed by atoms with E-state index in [0.717, 1.165) is 18.3 Å². The van der Waals surface area contributed by atoms with Gasteiger partial charge in [-0.1, -0.05) is 51.1 Å². The van der Waals surface area contributed by atoms with Crippen LogP contribution in [0.4, 0.5) is 0 Å². The lowest BCUT2D eigenvalue weighted by Gasteiger charge is -2.39. The Morgan fingerprint density at radius 2 is 1.95 bits per heavy atom. The minimum absolute atomic E-state index is 0.403. The first-order chi connectivity index (χ1) is 9.50. The van der Waals surface area contributed by atoms with Gasteiger partial charge in [-0.25, -0.2) is 0 Å². The average molecular weight is 292 g/mol. The molecule has 112 valence electrons. The van der Waals surface area contributed by atoms with E-state index in [-0.39, 0.29) is 0 Å². The van der Waals surface area contributed by atoms with Gasteiger partial charge in [-0.15, -0.1) is 0 Å². The Morgan fingerprint density at radius 3 is 2.55 bits per heavy atom. The molecule has 0 radical (unpaired) electrons. The summed E-state index contributed by atoms with van der Waals surface area (Å²) in [6.45, 7) is 7.88. The molecule has 20 heavy (non-hydrogen) atoms. The van der Waals surface area contributed by atoms with E-state index < -0.39 is 0 Å². The first-order valence-electron chi connectivity index (χ1n) is 7.77. The topological polar surface area (TPSA) is 9.23 Å².